The molecule has 0 aliphatic rings. The molecule has 0 amide bonds. The highest BCUT2D eigenvalue weighted by molar-refractivity contribution is 5.56. The number of hydrogen-bond donors (Lipinski definition) is 1. The van der Waals surface area contributed by atoms with Crippen molar-refractivity contribution in [2.24, 2.45) is 0 Å². The average Bonchev–Trinajstić information content (AvgIpc) is 2.76. The number of non-ortho nitro benzene ring substituents is 1. The molecule has 0 spiro atoms. The standard InChI is InChI=1S/C11H12N4O3/c1-8(16)6-14-7-12-11(13-14)9-2-4-10(5-3-9)15(17)18/h2-5,7-8,16H,6H2,1H3/t8-/m1/s1. The number of aliphatic hydroxyl groups is 1. The summed E-state index contributed by atoms with van der Waals surface area (Å²) in [6.07, 6.45) is 1.01. The lowest BCUT2D eigenvalue weighted by molar-refractivity contribution is -0.384. The van der Waals surface area contributed by atoms with Gasteiger partial charge in [-0.2, -0.15) is 5.10 Å². The SMILES string of the molecule is C[C@@H](O)Cn1cnc(-c2ccc([N+](=O)[O-])cc2)n1. The molecule has 1 aromatic heterocycles. The first-order chi connectivity index (χ1) is 8.56. The van der Waals surface area contributed by atoms with Crippen molar-refractivity contribution in [1.29, 1.82) is 0 Å². The fourth-order valence-corrected chi connectivity index (χ4v) is 1.52. The van der Waals surface area contributed by atoms with E-state index in [1.54, 1.807) is 19.1 Å². The smallest absolute Gasteiger partial charge is 0.269 e. The Morgan fingerprint density at radius 1 is 1.44 bits per heavy atom. The molecule has 7 nitrogen and oxygen atoms in total. The summed E-state index contributed by atoms with van der Waals surface area (Å²) >= 11 is 0. The van der Waals surface area contributed by atoms with Crippen molar-refractivity contribution in [2.45, 2.75) is 19.6 Å². The quantitative estimate of drug-likeness (QED) is 0.648. The Morgan fingerprint density at radius 3 is 2.67 bits per heavy atom. The summed E-state index contributed by atoms with van der Waals surface area (Å²) < 4.78 is 1.53. The maximum absolute atomic E-state index is 10.5. The van der Waals surface area contributed by atoms with E-state index in [0.717, 1.165) is 0 Å². The molecular weight excluding hydrogens is 236 g/mol. The van der Waals surface area contributed by atoms with Crippen LogP contribution in [-0.2, 0) is 6.54 Å². The summed E-state index contributed by atoms with van der Waals surface area (Å²) in [6, 6.07) is 6.01. The third-order valence-corrected chi connectivity index (χ3v) is 2.32. The van der Waals surface area contributed by atoms with Gasteiger partial charge in [0.15, 0.2) is 5.82 Å². The van der Waals surface area contributed by atoms with Crippen molar-refractivity contribution >= 4 is 5.69 Å². The van der Waals surface area contributed by atoms with Crippen molar-refractivity contribution < 1.29 is 10.0 Å². The predicted octanol–water partition coefficient (Wildman–Crippen LogP) is 1.23. The first-order valence-electron chi connectivity index (χ1n) is 5.38. The second-order valence-electron chi connectivity index (χ2n) is 3.94. The molecule has 1 aromatic carbocycles. The molecule has 0 aliphatic heterocycles. The van der Waals surface area contributed by atoms with E-state index in [4.69, 9.17) is 0 Å². The predicted molar refractivity (Wildman–Crippen MR) is 63.8 cm³/mol. The van der Waals surface area contributed by atoms with Gasteiger partial charge in [-0.3, -0.25) is 10.1 Å². The van der Waals surface area contributed by atoms with E-state index in [-0.39, 0.29) is 5.69 Å². The number of hydrogen-bond acceptors (Lipinski definition) is 5. The fourth-order valence-electron chi connectivity index (χ4n) is 1.52. The van der Waals surface area contributed by atoms with E-state index >= 15 is 0 Å². The van der Waals surface area contributed by atoms with Gasteiger partial charge in [-0.1, -0.05) is 0 Å². The molecule has 94 valence electrons. The fraction of sp³-hybridized carbons (Fsp3) is 0.273. The van der Waals surface area contributed by atoms with Crippen LogP contribution >= 0.6 is 0 Å². The van der Waals surface area contributed by atoms with Gasteiger partial charge in [-0.25, -0.2) is 9.67 Å². The summed E-state index contributed by atoms with van der Waals surface area (Å²) in [7, 11) is 0. The van der Waals surface area contributed by atoms with Crippen LogP contribution in [0.4, 0.5) is 5.69 Å². The second kappa shape index (κ2) is 4.92. The molecule has 0 radical (unpaired) electrons. The normalized spacial score (nSPS) is 12.3. The Kier molecular flexibility index (Phi) is 3.33. The summed E-state index contributed by atoms with van der Waals surface area (Å²) in [5.41, 5.74) is 0.729. The average molecular weight is 248 g/mol. The van der Waals surface area contributed by atoms with Gasteiger partial charge < -0.3 is 5.11 Å². The van der Waals surface area contributed by atoms with Crippen LogP contribution in [-0.4, -0.2) is 30.9 Å². The Morgan fingerprint density at radius 2 is 2.11 bits per heavy atom. The molecular formula is C11H12N4O3. The molecule has 0 bridgehead atoms. The highest BCUT2D eigenvalue weighted by Crippen LogP contribution is 2.18. The molecule has 0 fully saturated rings. The number of rotatable bonds is 4. The van der Waals surface area contributed by atoms with Crippen molar-refractivity contribution in [3.63, 3.8) is 0 Å². The third-order valence-electron chi connectivity index (χ3n) is 2.32. The van der Waals surface area contributed by atoms with Crippen molar-refractivity contribution in [3.8, 4) is 11.4 Å². The van der Waals surface area contributed by atoms with Gasteiger partial charge in [-0.15, -0.1) is 0 Å². The van der Waals surface area contributed by atoms with Gasteiger partial charge in [0.25, 0.3) is 5.69 Å². The van der Waals surface area contributed by atoms with Crippen LogP contribution in [0.25, 0.3) is 11.4 Å². The molecule has 0 saturated carbocycles. The highest BCUT2D eigenvalue weighted by Gasteiger charge is 2.08. The Labute approximate surface area is 103 Å². The van der Waals surface area contributed by atoms with Crippen LogP contribution in [0.15, 0.2) is 30.6 Å². The molecule has 2 aromatic rings. The van der Waals surface area contributed by atoms with E-state index in [9.17, 15) is 15.2 Å². The van der Waals surface area contributed by atoms with Crippen LogP contribution in [0.5, 0.6) is 0 Å². The van der Waals surface area contributed by atoms with E-state index in [1.165, 1.54) is 23.1 Å². The van der Waals surface area contributed by atoms with Gasteiger partial charge in [0.1, 0.15) is 6.33 Å². The lowest BCUT2D eigenvalue weighted by Gasteiger charge is -2.01. The van der Waals surface area contributed by atoms with Crippen LogP contribution in [0, 0.1) is 10.1 Å². The maximum Gasteiger partial charge on any atom is 0.269 e. The number of nitrogens with zero attached hydrogens (tertiary/aromatic N) is 4. The third kappa shape index (κ3) is 2.69. The molecule has 0 unspecified atom stereocenters. The Hall–Kier alpha value is -2.28. The van der Waals surface area contributed by atoms with Gasteiger partial charge >= 0.3 is 0 Å². The number of nitro groups is 1. The molecule has 1 heterocycles. The monoisotopic (exact) mass is 248 g/mol. The lowest BCUT2D eigenvalue weighted by Crippen LogP contribution is -2.11. The Bertz CT molecular complexity index is 548. The van der Waals surface area contributed by atoms with Crippen LogP contribution in [0.2, 0.25) is 0 Å². The highest BCUT2D eigenvalue weighted by atomic mass is 16.6. The largest absolute Gasteiger partial charge is 0.391 e. The molecule has 0 saturated heterocycles. The number of aliphatic hydroxyl groups excluding tert-OH is 1. The van der Waals surface area contributed by atoms with Gasteiger partial charge in [0.2, 0.25) is 0 Å². The van der Waals surface area contributed by atoms with Crippen LogP contribution in [0.1, 0.15) is 6.92 Å². The number of benzene rings is 1. The molecule has 18 heavy (non-hydrogen) atoms. The van der Waals surface area contributed by atoms with Gasteiger partial charge in [0.05, 0.1) is 17.6 Å². The van der Waals surface area contributed by atoms with E-state index in [1.807, 2.05) is 0 Å². The Balaban J connectivity index is 2.20. The molecule has 1 N–H and O–H groups in total. The van der Waals surface area contributed by atoms with Crippen molar-refractivity contribution in [2.75, 3.05) is 0 Å². The summed E-state index contributed by atoms with van der Waals surface area (Å²) in [5, 5.41) is 23.9. The van der Waals surface area contributed by atoms with E-state index in [0.29, 0.717) is 17.9 Å². The summed E-state index contributed by atoms with van der Waals surface area (Å²) in [4.78, 5) is 14.1. The minimum absolute atomic E-state index is 0.0298. The zero-order valence-corrected chi connectivity index (χ0v) is 9.72. The topological polar surface area (TPSA) is 94.1 Å². The van der Waals surface area contributed by atoms with Crippen molar-refractivity contribution in [3.05, 3.63) is 40.7 Å². The van der Waals surface area contributed by atoms with Gasteiger partial charge in [-0.05, 0) is 19.1 Å². The minimum atomic E-state index is -0.503. The summed E-state index contributed by atoms with van der Waals surface area (Å²) in [6.45, 7) is 2.02. The molecule has 2 rings (SSSR count). The first kappa shape index (κ1) is 12.2. The molecule has 7 heteroatoms. The minimum Gasteiger partial charge on any atom is -0.391 e. The number of nitro benzene ring substituents is 1. The van der Waals surface area contributed by atoms with E-state index in [2.05, 4.69) is 10.1 Å². The maximum atomic E-state index is 10.5. The number of aromatic nitrogens is 3. The molecule has 0 aliphatic carbocycles. The second-order valence-corrected chi connectivity index (χ2v) is 3.94. The van der Waals surface area contributed by atoms with Crippen LogP contribution < -0.4 is 0 Å². The van der Waals surface area contributed by atoms with E-state index < -0.39 is 11.0 Å². The lowest BCUT2D eigenvalue weighted by atomic mass is 10.2. The first-order valence-corrected chi connectivity index (χ1v) is 5.38. The van der Waals surface area contributed by atoms with Crippen molar-refractivity contribution in [1.82, 2.24) is 14.8 Å². The summed E-state index contributed by atoms with van der Waals surface area (Å²) in [5.74, 6) is 0.477. The van der Waals surface area contributed by atoms with Gasteiger partial charge in [0, 0.05) is 17.7 Å². The zero-order chi connectivity index (χ0) is 13.1. The van der Waals surface area contributed by atoms with Crippen LogP contribution in [0.3, 0.4) is 0 Å². The zero-order valence-electron chi connectivity index (χ0n) is 9.72. The molecule has 1 atom stereocenters.